The van der Waals surface area contributed by atoms with Gasteiger partial charge in [0, 0.05) is 5.92 Å². The lowest BCUT2D eigenvalue weighted by atomic mass is 9.48. The first-order valence-electron chi connectivity index (χ1n) is 14.4. The van der Waals surface area contributed by atoms with Crippen LogP contribution >= 0.6 is 0 Å². The number of aliphatic hydroxyl groups is 1. The van der Waals surface area contributed by atoms with E-state index in [4.69, 9.17) is 0 Å². The van der Waals surface area contributed by atoms with E-state index in [2.05, 4.69) is 18.8 Å². The monoisotopic (exact) mass is 494 g/mol. The van der Waals surface area contributed by atoms with Crippen molar-refractivity contribution >= 4 is 16.8 Å². The average Bonchev–Trinajstić information content (AvgIpc) is 3.39. The molecule has 0 bridgehead atoms. The van der Waals surface area contributed by atoms with Crippen LogP contribution < -0.4 is 0 Å². The van der Waals surface area contributed by atoms with Crippen LogP contribution in [0.5, 0.6) is 0 Å². The van der Waals surface area contributed by atoms with E-state index >= 15 is 4.39 Å². The number of hydrogen-bond acceptors (Lipinski definition) is 3. The van der Waals surface area contributed by atoms with Crippen LogP contribution in [0.1, 0.15) is 91.0 Å². The Kier molecular flexibility index (Phi) is 5.72. The van der Waals surface area contributed by atoms with Gasteiger partial charge in [-0.25, -0.2) is 9.37 Å². The van der Waals surface area contributed by atoms with Crippen molar-refractivity contribution in [3.8, 4) is 0 Å². The van der Waals surface area contributed by atoms with Crippen molar-refractivity contribution in [2.75, 3.05) is 0 Å². The summed E-state index contributed by atoms with van der Waals surface area (Å²) in [6, 6.07) is 5.81. The van der Waals surface area contributed by atoms with Gasteiger partial charge in [-0.1, -0.05) is 19.9 Å². The minimum absolute atomic E-state index is 0.00608. The van der Waals surface area contributed by atoms with Crippen molar-refractivity contribution in [1.82, 2.24) is 9.55 Å². The first-order chi connectivity index (χ1) is 17.0. The second kappa shape index (κ2) is 8.38. The Balaban J connectivity index is 1.20. The van der Waals surface area contributed by atoms with Gasteiger partial charge in [0.05, 0.1) is 29.5 Å². The fraction of sp³-hybridized carbons (Fsp3) is 0.742. The topological polar surface area (TPSA) is 55.1 Å². The third kappa shape index (κ3) is 3.70. The summed E-state index contributed by atoms with van der Waals surface area (Å²) in [6.07, 6.45) is 10.8. The summed E-state index contributed by atoms with van der Waals surface area (Å²) in [5.41, 5.74) is 0.675. The van der Waals surface area contributed by atoms with Crippen LogP contribution in [0, 0.1) is 40.9 Å². The van der Waals surface area contributed by atoms with Gasteiger partial charge >= 0.3 is 0 Å². The normalized spacial score (nSPS) is 40.5. The van der Waals surface area contributed by atoms with Gasteiger partial charge < -0.3 is 9.67 Å². The summed E-state index contributed by atoms with van der Waals surface area (Å²) in [5.74, 6) is 2.42. The Morgan fingerprint density at radius 3 is 2.72 bits per heavy atom. The van der Waals surface area contributed by atoms with Gasteiger partial charge in [0.25, 0.3) is 0 Å². The van der Waals surface area contributed by atoms with Gasteiger partial charge in [0.1, 0.15) is 5.67 Å². The first kappa shape index (κ1) is 24.6. The number of imidazole rings is 1. The molecule has 1 heterocycles. The Labute approximate surface area is 215 Å². The van der Waals surface area contributed by atoms with Crippen molar-refractivity contribution in [1.29, 1.82) is 0 Å². The van der Waals surface area contributed by atoms with Crippen molar-refractivity contribution in [2.45, 2.75) is 103 Å². The van der Waals surface area contributed by atoms with E-state index in [1.807, 2.05) is 22.8 Å². The van der Waals surface area contributed by atoms with E-state index in [1.54, 1.807) is 20.2 Å². The molecule has 1 aromatic carbocycles. The molecule has 1 aromatic heterocycles. The number of benzene rings is 1. The number of hydrogen-bond donors (Lipinski definition) is 1. The summed E-state index contributed by atoms with van der Waals surface area (Å²) >= 11 is 0. The molecule has 8 atom stereocenters. The molecule has 36 heavy (non-hydrogen) atoms. The molecule has 4 aliphatic rings. The highest BCUT2D eigenvalue weighted by Crippen LogP contribution is 2.66. The highest BCUT2D eigenvalue weighted by Gasteiger charge is 2.62. The number of ketones is 1. The van der Waals surface area contributed by atoms with Crippen molar-refractivity contribution in [2.24, 2.45) is 40.9 Å². The molecule has 4 nitrogen and oxygen atoms in total. The molecule has 4 aliphatic carbocycles. The second-order valence-corrected chi connectivity index (χ2v) is 13.7. The summed E-state index contributed by atoms with van der Waals surface area (Å²) in [6.45, 7) is 8.53. The Morgan fingerprint density at radius 2 is 1.94 bits per heavy atom. The number of rotatable bonds is 4. The smallest absolute Gasteiger partial charge is 0.156 e. The number of aromatic nitrogens is 2. The molecule has 4 fully saturated rings. The fourth-order valence-corrected chi connectivity index (χ4v) is 9.37. The quantitative estimate of drug-likeness (QED) is 0.507. The minimum atomic E-state index is -0.962. The molecule has 4 saturated carbocycles. The maximum absolute atomic E-state index is 16.6. The third-order valence-electron chi connectivity index (χ3n) is 11.3. The van der Waals surface area contributed by atoms with E-state index in [0.717, 1.165) is 74.4 Å². The average molecular weight is 495 g/mol. The first-order valence-corrected chi connectivity index (χ1v) is 14.4. The van der Waals surface area contributed by atoms with E-state index in [-0.39, 0.29) is 23.2 Å². The predicted octanol–water partition coefficient (Wildman–Crippen LogP) is 6.83. The molecule has 0 radical (unpaired) electrons. The molecule has 2 unspecified atom stereocenters. The molecule has 0 saturated heterocycles. The molecule has 2 aromatic rings. The summed E-state index contributed by atoms with van der Waals surface area (Å²) in [5, 5.41) is 10.3. The molecule has 196 valence electrons. The standard InChI is InChI=1S/C31H43FN2O2/c1-19-11-14-31(32)21(15-19)5-7-22-23-8-9-25(30(23,4)13-12-24(22)31)28(35)17-34-18-33-26-16-20(29(2,3)36)6-10-27(26)34/h6,10,16,18-19,21-25,36H,5,7-9,11-15,17H2,1-4H3/t19-,21+,22-,23?,24?,25+,30-,31+/m0/s1. The molecule has 6 rings (SSSR count). The van der Waals surface area contributed by atoms with Crippen LogP contribution in [-0.2, 0) is 16.9 Å². The summed E-state index contributed by atoms with van der Waals surface area (Å²) in [7, 11) is 0. The largest absolute Gasteiger partial charge is 0.386 e. The summed E-state index contributed by atoms with van der Waals surface area (Å²) in [4.78, 5) is 18.3. The Hall–Kier alpha value is -1.75. The molecule has 1 N–H and O–H groups in total. The Morgan fingerprint density at radius 1 is 1.14 bits per heavy atom. The SMILES string of the molecule is C[C@H]1CC[C@]2(F)C3CC[C@@]4(C)C(CC[C@@H]4C(=O)Cn4cnc5cc(C(C)(C)O)ccc54)[C@@H]3CC[C@@H]2C1. The molecule has 0 aliphatic heterocycles. The Bertz CT molecular complexity index is 1170. The number of nitrogens with zero attached hydrogens (tertiary/aromatic N) is 2. The van der Waals surface area contributed by atoms with Gasteiger partial charge in [0.2, 0.25) is 0 Å². The van der Waals surface area contributed by atoms with Gasteiger partial charge in [-0.15, -0.1) is 0 Å². The number of carbonyl (C=O) groups is 1. The van der Waals surface area contributed by atoms with E-state index in [0.29, 0.717) is 30.1 Å². The van der Waals surface area contributed by atoms with Crippen LogP contribution in [0.15, 0.2) is 24.5 Å². The van der Waals surface area contributed by atoms with Crippen molar-refractivity contribution in [3.05, 3.63) is 30.1 Å². The number of Topliss-reactive ketones (excluding diaryl/α,β-unsaturated/α-hetero) is 1. The third-order valence-corrected chi connectivity index (χ3v) is 11.3. The molecule has 0 amide bonds. The zero-order valence-corrected chi connectivity index (χ0v) is 22.5. The highest BCUT2D eigenvalue weighted by atomic mass is 19.1. The maximum Gasteiger partial charge on any atom is 0.156 e. The zero-order valence-electron chi connectivity index (χ0n) is 22.5. The van der Waals surface area contributed by atoms with E-state index < -0.39 is 11.3 Å². The fourth-order valence-electron chi connectivity index (χ4n) is 9.37. The molecular weight excluding hydrogens is 451 g/mol. The predicted molar refractivity (Wildman–Crippen MR) is 140 cm³/mol. The van der Waals surface area contributed by atoms with Gasteiger partial charge in [0.15, 0.2) is 5.78 Å². The molecular formula is C31H43FN2O2. The lowest BCUT2D eigenvalue weighted by Crippen LogP contribution is -2.56. The van der Waals surface area contributed by atoms with Crippen molar-refractivity contribution in [3.63, 3.8) is 0 Å². The minimum Gasteiger partial charge on any atom is -0.386 e. The second-order valence-electron chi connectivity index (χ2n) is 13.7. The van der Waals surface area contributed by atoms with Crippen LogP contribution in [0.2, 0.25) is 0 Å². The lowest BCUT2D eigenvalue weighted by Gasteiger charge is -2.58. The number of alkyl halides is 1. The van der Waals surface area contributed by atoms with Gasteiger partial charge in [-0.3, -0.25) is 4.79 Å². The van der Waals surface area contributed by atoms with Gasteiger partial charge in [-0.2, -0.15) is 0 Å². The molecule has 5 heteroatoms. The number of fused-ring (bicyclic) bond motifs is 6. The van der Waals surface area contributed by atoms with Crippen LogP contribution in [0.3, 0.4) is 0 Å². The van der Waals surface area contributed by atoms with E-state index in [1.165, 1.54) is 0 Å². The maximum atomic E-state index is 16.6. The number of halogens is 1. The zero-order chi connectivity index (χ0) is 25.5. The molecule has 0 spiro atoms. The van der Waals surface area contributed by atoms with Gasteiger partial charge in [-0.05, 0) is 124 Å². The highest BCUT2D eigenvalue weighted by molar-refractivity contribution is 5.84. The van der Waals surface area contributed by atoms with Crippen LogP contribution in [-0.4, -0.2) is 26.1 Å². The van der Waals surface area contributed by atoms with E-state index in [9.17, 15) is 9.90 Å². The van der Waals surface area contributed by atoms with Crippen LogP contribution in [0.4, 0.5) is 4.39 Å². The lowest BCUT2D eigenvalue weighted by molar-refractivity contribution is -0.146. The van der Waals surface area contributed by atoms with Crippen LogP contribution in [0.25, 0.3) is 11.0 Å². The summed E-state index contributed by atoms with van der Waals surface area (Å²) < 4.78 is 18.5. The number of carbonyl (C=O) groups excluding carboxylic acids is 1. The van der Waals surface area contributed by atoms with Crippen molar-refractivity contribution < 1.29 is 14.3 Å².